The van der Waals surface area contributed by atoms with Crippen molar-refractivity contribution in [3.63, 3.8) is 0 Å². The van der Waals surface area contributed by atoms with E-state index in [1.807, 2.05) is 53.9 Å². The fourth-order valence-corrected chi connectivity index (χ4v) is 4.41. The topological polar surface area (TPSA) is 62.5 Å². The molecule has 0 bridgehead atoms. The van der Waals surface area contributed by atoms with Crippen LogP contribution in [0.1, 0.15) is 18.5 Å². The highest BCUT2D eigenvalue weighted by Gasteiger charge is 2.27. The van der Waals surface area contributed by atoms with E-state index in [0.29, 0.717) is 10.7 Å². The molecule has 0 spiro atoms. The minimum absolute atomic E-state index is 0.0271. The quantitative estimate of drug-likeness (QED) is 0.468. The van der Waals surface area contributed by atoms with E-state index < -0.39 is 0 Å². The molecule has 1 aliphatic heterocycles. The number of amides is 1. The van der Waals surface area contributed by atoms with Crippen molar-refractivity contribution in [2.45, 2.75) is 19.8 Å². The third-order valence-electron chi connectivity index (χ3n) is 5.93. The molecule has 1 aliphatic rings. The van der Waals surface area contributed by atoms with Gasteiger partial charge in [-0.15, -0.1) is 0 Å². The fourth-order valence-electron chi connectivity index (χ4n) is 4.22. The summed E-state index contributed by atoms with van der Waals surface area (Å²) in [6.45, 7) is 3.56. The van der Waals surface area contributed by atoms with Gasteiger partial charge in [-0.2, -0.15) is 9.61 Å². The molecule has 0 radical (unpaired) electrons. The van der Waals surface area contributed by atoms with E-state index in [9.17, 15) is 4.79 Å². The number of hydrogen-bond acceptors (Lipinski definition) is 4. The summed E-state index contributed by atoms with van der Waals surface area (Å²) in [6, 6.07) is 21.6. The number of rotatable bonds is 4. The highest BCUT2D eigenvalue weighted by Crippen LogP contribution is 2.28. The van der Waals surface area contributed by atoms with Gasteiger partial charge in [0.1, 0.15) is 5.82 Å². The fraction of sp³-hybridized carbons (Fsp3) is 0.240. The van der Waals surface area contributed by atoms with Gasteiger partial charge in [-0.05, 0) is 31.9 Å². The van der Waals surface area contributed by atoms with Crippen LogP contribution in [0.3, 0.4) is 0 Å². The first kappa shape index (κ1) is 20.5. The summed E-state index contributed by atoms with van der Waals surface area (Å²) in [5, 5.41) is 8.37. The zero-order valence-electron chi connectivity index (χ0n) is 17.8. The van der Waals surface area contributed by atoms with Gasteiger partial charge in [-0.3, -0.25) is 4.79 Å². The number of nitrogens with zero attached hydrogens (tertiary/aromatic N) is 4. The first-order valence-corrected chi connectivity index (χ1v) is 11.2. The molecule has 0 unspecified atom stereocenters. The molecule has 1 saturated heterocycles. The Labute approximate surface area is 191 Å². The van der Waals surface area contributed by atoms with Crippen molar-refractivity contribution in [1.82, 2.24) is 14.6 Å². The smallest absolute Gasteiger partial charge is 0.227 e. The average Bonchev–Trinajstić information content (AvgIpc) is 3.25. The van der Waals surface area contributed by atoms with Crippen molar-refractivity contribution in [2.24, 2.45) is 5.92 Å². The van der Waals surface area contributed by atoms with Crippen molar-refractivity contribution in [1.29, 1.82) is 0 Å². The lowest BCUT2D eigenvalue weighted by atomic mass is 9.95. The Morgan fingerprint density at radius 2 is 1.75 bits per heavy atom. The van der Waals surface area contributed by atoms with Gasteiger partial charge in [0, 0.05) is 42.4 Å². The van der Waals surface area contributed by atoms with Crippen LogP contribution in [0.4, 0.5) is 11.5 Å². The molecule has 32 heavy (non-hydrogen) atoms. The van der Waals surface area contributed by atoms with Crippen LogP contribution in [0.25, 0.3) is 16.9 Å². The Balaban J connectivity index is 1.34. The summed E-state index contributed by atoms with van der Waals surface area (Å²) in [5.41, 5.74) is 4.41. The predicted octanol–water partition coefficient (Wildman–Crippen LogP) is 5.21. The van der Waals surface area contributed by atoms with Crippen molar-refractivity contribution < 1.29 is 4.79 Å². The number of para-hydroxylation sites is 1. The van der Waals surface area contributed by atoms with E-state index in [1.54, 1.807) is 6.07 Å². The van der Waals surface area contributed by atoms with Gasteiger partial charge < -0.3 is 10.2 Å². The van der Waals surface area contributed by atoms with Gasteiger partial charge in [0.15, 0.2) is 5.65 Å². The molecule has 1 N–H and O–H groups in total. The number of piperidine rings is 1. The number of carbonyl (C=O) groups is 1. The molecule has 2 aromatic carbocycles. The van der Waals surface area contributed by atoms with E-state index in [4.69, 9.17) is 16.7 Å². The van der Waals surface area contributed by atoms with Gasteiger partial charge in [0.25, 0.3) is 0 Å². The first-order chi connectivity index (χ1) is 15.6. The van der Waals surface area contributed by atoms with Crippen LogP contribution in [0.5, 0.6) is 0 Å². The lowest BCUT2D eigenvalue weighted by Gasteiger charge is -2.33. The monoisotopic (exact) mass is 445 g/mol. The number of nitrogens with one attached hydrogen (secondary N) is 1. The van der Waals surface area contributed by atoms with Crippen LogP contribution in [-0.4, -0.2) is 33.6 Å². The number of hydrogen-bond donors (Lipinski definition) is 1. The molecule has 162 valence electrons. The lowest BCUT2D eigenvalue weighted by Crippen LogP contribution is -2.39. The third kappa shape index (κ3) is 4.06. The Bertz CT molecular complexity index is 1260. The van der Waals surface area contributed by atoms with Gasteiger partial charge in [-0.25, -0.2) is 4.98 Å². The van der Waals surface area contributed by atoms with Crippen molar-refractivity contribution >= 4 is 34.7 Å². The minimum Gasteiger partial charge on any atom is -0.356 e. The van der Waals surface area contributed by atoms with Gasteiger partial charge in [0.05, 0.1) is 16.4 Å². The zero-order chi connectivity index (χ0) is 22.1. The van der Waals surface area contributed by atoms with E-state index in [-0.39, 0.29) is 11.8 Å². The van der Waals surface area contributed by atoms with Crippen LogP contribution in [0.2, 0.25) is 5.02 Å². The van der Waals surface area contributed by atoms with E-state index in [1.165, 1.54) is 0 Å². The van der Waals surface area contributed by atoms with Crippen LogP contribution >= 0.6 is 11.6 Å². The van der Waals surface area contributed by atoms with Gasteiger partial charge in [-0.1, -0.05) is 54.1 Å². The third-order valence-corrected chi connectivity index (χ3v) is 6.26. The SMILES string of the molecule is Cc1cc(N2CCC(C(=O)Nc3ccccc3Cl)CC2)n2nc(-c3ccccc3)cc2n1. The maximum absolute atomic E-state index is 12.8. The van der Waals surface area contributed by atoms with Crippen LogP contribution < -0.4 is 10.2 Å². The van der Waals surface area contributed by atoms with Crippen molar-refractivity contribution in [3.8, 4) is 11.3 Å². The Hall–Kier alpha value is -3.38. The van der Waals surface area contributed by atoms with Gasteiger partial charge >= 0.3 is 0 Å². The number of anilines is 2. The summed E-state index contributed by atoms with van der Waals surface area (Å²) < 4.78 is 1.92. The molecule has 0 saturated carbocycles. The molecule has 1 fully saturated rings. The molecular formula is C25H24ClN5O. The number of fused-ring (bicyclic) bond motifs is 1. The lowest BCUT2D eigenvalue weighted by molar-refractivity contribution is -0.120. The Morgan fingerprint density at radius 3 is 2.50 bits per heavy atom. The molecule has 3 heterocycles. The number of halogens is 1. The second-order valence-corrected chi connectivity index (χ2v) is 8.56. The van der Waals surface area contributed by atoms with E-state index in [2.05, 4.69) is 33.4 Å². The van der Waals surface area contributed by atoms with E-state index >= 15 is 0 Å². The molecule has 1 amide bonds. The first-order valence-electron chi connectivity index (χ1n) is 10.8. The highest BCUT2D eigenvalue weighted by molar-refractivity contribution is 6.33. The van der Waals surface area contributed by atoms with Crippen molar-refractivity contribution in [2.75, 3.05) is 23.3 Å². The van der Waals surface area contributed by atoms with Crippen LogP contribution in [0.15, 0.2) is 66.7 Å². The standard InChI is InChI=1S/C25H24ClN5O/c1-17-15-24(31-23(27-17)16-22(29-31)18-7-3-2-4-8-18)30-13-11-19(12-14-30)25(32)28-21-10-6-5-9-20(21)26/h2-10,15-16,19H,11-14H2,1H3,(H,28,32). The molecule has 5 rings (SSSR count). The highest BCUT2D eigenvalue weighted by atomic mass is 35.5. The number of aromatic nitrogens is 3. The summed E-state index contributed by atoms with van der Waals surface area (Å²) in [4.78, 5) is 19.7. The molecule has 4 aromatic rings. The zero-order valence-corrected chi connectivity index (χ0v) is 18.6. The summed E-state index contributed by atoms with van der Waals surface area (Å²) in [7, 11) is 0. The minimum atomic E-state index is -0.0431. The summed E-state index contributed by atoms with van der Waals surface area (Å²) >= 11 is 6.19. The summed E-state index contributed by atoms with van der Waals surface area (Å²) in [6.07, 6.45) is 1.54. The normalized spacial score (nSPS) is 14.6. The summed E-state index contributed by atoms with van der Waals surface area (Å²) in [5.74, 6) is 0.998. The maximum atomic E-state index is 12.8. The second kappa shape index (κ2) is 8.63. The molecule has 0 aliphatic carbocycles. The average molecular weight is 446 g/mol. The molecule has 0 atom stereocenters. The van der Waals surface area contributed by atoms with Crippen LogP contribution in [0, 0.1) is 12.8 Å². The molecule has 2 aromatic heterocycles. The Morgan fingerprint density at radius 1 is 1.03 bits per heavy atom. The molecular weight excluding hydrogens is 422 g/mol. The second-order valence-electron chi connectivity index (χ2n) is 8.15. The van der Waals surface area contributed by atoms with Crippen molar-refractivity contribution in [3.05, 3.63) is 77.4 Å². The van der Waals surface area contributed by atoms with Crippen LogP contribution in [-0.2, 0) is 4.79 Å². The van der Waals surface area contributed by atoms with E-state index in [0.717, 1.165) is 54.3 Å². The number of carbonyl (C=O) groups excluding carboxylic acids is 1. The van der Waals surface area contributed by atoms with Gasteiger partial charge in [0.2, 0.25) is 5.91 Å². The Kier molecular flexibility index (Phi) is 5.53. The molecule has 6 nitrogen and oxygen atoms in total. The number of benzene rings is 2. The maximum Gasteiger partial charge on any atom is 0.227 e. The number of aryl methyl sites for hydroxylation is 1. The largest absolute Gasteiger partial charge is 0.356 e. The molecule has 7 heteroatoms. The predicted molar refractivity (Wildman–Crippen MR) is 128 cm³/mol.